The van der Waals surface area contributed by atoms with Crippen LogP contribution in [0.15, 0.2) is 6.33 Å². The molecule has 3 heterocycles. The highest BCUT2D eigenvalue weighted by Crippen LogP contribution is 2.26. The fraction of sp³-hybridized carbons (Fsp3) is 0.880. The maximum atomic E-state index is 4.67. The summed E-state index contributed by atoms with van der Waals surface area (Å²) in [5.41, 5.74) is 0.439. The van der Waals surface area contributed by atoms with E-state index in [4.69, 9.17) is 0 Å². The summed E-state index contributed by atoms with van der Waals surface area (Å²) < 4.78 is 0. The summed E-state index contributed by atoms with van der Waals surface area (Å²) in [6.45, 7) is 15.6. The van der Waals surface area contributed by atoms with Crippen LogP contribution in [0.5, 0.6) is 0 Å². The Labute approximate surface area is 196 Å². The molecule has 3 rings (SSSR count). The maximum Gasteiger partial charge on any atom is 0.228 e. The van der Waals surface area contributed by atoms with Gasteiger partial charge in [-0.05, 0) is 99.8 Å². The van der Waals surface area contributed by atoms with E-state index in [0.717, 1.165) is 50.3 Å². The number of hydrogen-bond acceptors (Lipinski definition) is 7. The van der Waals surface area contributed by atoms with Crippen LogP contribution in [0.4, 0.5) is 5.95 Å². The van der Waals surface area contributed by atoms with Gasteiger partial charge in [-0.3, -0.25) is 0 Å². The third-order valence-corrected chi connectivity index (χ3v) is 7.31. The zero-order valence-electron chi connectivity index (χ0n) is 21.5. The van der Waals surface area contributed by atoms with Gasteiger partial charge in [0.05, 0.1) is 0 Å². The third-order valence-electron chi connectivity index (χ3n) is 7.31. The van der Waals surface area contributed by atoms with Gasteiger partial charge in [0, 0.05) is 29.7 Å². The first-order chi connectivity index (χ1) is 15.2. The van der Waals surface area contributed by atoms with Crippen LogP contribution in [0.3, 0.4) is 0 Å². The van der Waals surface area contributed by atoms with Crippen molar-refractivity contribution in [1.29, 1.82) is 0 Å². The van der Waals surface area contributed by atoms with E-state index in [2.05, 4.69) is 70.1 Å². The van der Waals surface area contributed by atoms with Crippen LogP contribution in [-0.2, 0) is 0 Å². The fourth-order valence-electron chi connectivity index (χ4n) is 5.45. The standard InChI is InChI=1S/C25H47N7/c1-20-26-19-27-23(30-20)32(22-12-14-29-25(4,5)18-22)16-10-8-7-9-15-31(6)21-11-13-28-24(2,3)17-21/h19,21-22,28-29H,7-18H2,1-6H3. The van der Waals surface area contributed by atoms with Crippen LogP contribution in [0.25, 0.3) is 0 Å². The largest absolute Gasteiger partial charge is 0.338 e. The average molecular weight is 446 g/mol. The predicted octanol–water partition coefficient (Wildman–Crippen LogP) is 3.54. The Bertz CT molecular complexity index is 705. The molecular weight excluding hydrogens is 398 g/mol. The number of nitrogens with zero attached hydrogens (tertiary/aromatic N) is 5. The first-order valence-electron chi connectivity index (χ1n) is 12.8. The second-order valence-corrected chi connectivity index (χ2v) is 11.3. The van der Waals surface area contributed by atoms with Crippen molar-refractivity contribution >= 4 is 5.95 Å². The number of rotatable bonds is 10. The number of anilines is 1. The summed E-state index contributed by atoms with van der Waals surface area (Å²) >= 11 is 0. The quantitative estimate of drug-likeness (QED) is 0.534. The Morgan fingerprint density at radius 1 is 0.875 bits per heavy atom. The van der Waals surface area contributed by atoms with Gasteiger partial charge in [0.1, 0.15) is 12.2 Å². The summed E-state index contributed by atoms with van der Waals surface area (Å²) in [6, 6.07) is 1.21. The van der Waals surface area contributed by atoms with Gasteiger partial charge >= 0.3 is 0 Å². The smallest absolute Gasteiger partial charge is 0.228 e. The normalized spacial score (nSPS) is 25.1. The fourth-order valence-corrected chi connectivity index (χ4v) is 5.45. The topological polar surface area (TPSA) is 69.2 Å². The van der Waals surface area contributed by atoms with E-state index in [9.17, 15) is 0 Å². The number of aryl methyl sites for hydroxylation is 1. The molecule has 0 bridgehead atoms. The molecule has 0 radical (unpaired) electrons. The molecule has 7 nitrogen and oxygen atoms in total. The van der Waals surface area contributed by atoms with Gasteiger partial charge in [0.25, 0.3) is 0 Å². The Kier molecular flexibility index (Phi) is 8.87. The number of hydrogen-bond donors (Lipinski definition) is 2. The van der Waals surface area contributed by atoms with Crippen molar-refractivity contribution in [3.8, 4) is 0 Å². The molecule has 2 N–H and O–H groups in total. The minimum absolute atomic E-state index is 0.164. The minimum atomic E-state index is 0.164. The molecule has 1 aromatic rings. The van der Waals surface area contributed by atoms with Crippen molar-refractivity contribution in [3.63, 3.8) is 0 Å². The van der Waals surface area contributed by atoms with Crippen molar-refractivity contribution < 1.29 is 0 Å². The van der Waals surface area contributed by atoms with Crippen molar-refractivity contribution in [2.24, 2.45) is 0 Å². The lowest BCUT2D eigenvalue weighted by Gasteiger charge is -2.42. The van der Waals surface area contributed by atoms with E-state index in [-0.39, 0.29) is 11.1 Å². The van der Waals surface area contributed by atoms with Crippen molar-refractivity contribution in [2.45, 2.75) is 109 Å². The molecule has 0 aromatic carbocycles. The monoisotopic (exact) mass is 445 g/mol. The summed E-state index contributed by atoms with van der Waals surface area (Å²) in [5.74, 6) is 1.66. The molecule has 2 atom stereocenters. The molecule has 2 aliphatic rings. The van der Waals surface area contributed by atoms with Gasteiger partial charge in [-0.2, -0.15) is 4.98 Å². The lowest BCUT2D eigenvalue weighted by molar-refractivity contribution is 0.142. The van der Waals surface area contributed by atoms with Gasteiger partial charge in [0.2, 0.25) is 5.95 Å². The highest BCUT2D eigenvalue weighted by Gasteiger charge is 2.32. The summed E-state index contributed by atoms with van der Waals surface area (Å²) in [5, 5.41) is 7.28. The maximum absolute atomic E-state index is 4.67. The third kappa shape index (κ3) is 7.63. The number of unbranched alkanes of at least 4 members (excludes halogenated alkanes) is 3. The highest BCUT2D eigenvalue weighted by atomic mass is 15.3. The molecule has 0 amide bonds. The Balaban J connectivity index is 1.45. The minimum Gasteiger partial charge on any atom is -0.338 e. The highest BCUT2D eigenvalue weighted by molar-refractivity contribution is 5.31. The van der Waals surface area contributed by atoms with Gasteiger partial charge in [-0.1, -0.05) is 12.8 Å². The molecule has 32 heavy (non-hydrogen) atoms. The number of piperidine rings is 2. The van der Waals surface area contributed by atoms with E-state index < -0.39 is 0 Å². The molecule has 2 unspecified atom stereocenters. The van der Waals surface area contributed by atoms with E-state index in [0.29, 0.717) is 6.04 Å². The average Bonchev–Trinajstić information content (AvgIpc) is 2.71. The SMILES string of the molecule is Cc1ncnc(N(CCCCCCN(C)C2CCNC(C)(C)C2)C2CCNC(C)(C)C2)n1. The van der Waals surface area contributed by atoms with Gasteiger partial charge < -0.3 is 20.4 Å². The summed E-state index contributed by atoms with van der Waals surface area (Å²) in [7, 11) is 2.32. The molecular formula is C25H47N7. The van der Waals surface area contributed by atoms with Crippen LogP contribution < -0.4 is 15.5 Å². The van der Waals surface area contributed by atoms with E-state index >= 15 is 0 Å². The molecule has 0 spiro atoms. The molecule has 7 heteroatoms. The summed E-state index contributed by atoms with van der Waals surface area (Å²) in [6.07, 6.45) is 11.5. The van der Waals surface area contributed by atoms with Gasteiger partial charge in [0.15, 0.2) is 0 Å². The van der Waals surface area contributed by atoms with Crippen LogP contribution in [0.2, 0.25) is 0 Å². The Morgan fingerprint density at radius 3 is 2.09 bits per heavy atom. The lowest BCUT2D eigenvalue weighted by Crippen LogP contribution is -2.53. The zero-order chi connectivity index (χ0) is 23.2. The molecule has 0 saturated carbocycles. The Hall–Kier alpha value is -1.31. The van der Waals surface area contributed by atoms with Gasteiger partial charge in [-0.15, -0.1) is 0 Å². The predicted molar refractivity (Wildman–Crippen MR) is 133 cm³/mol. The van der Waals surface area contributed by atoms with Crippen LogP contribution in [-0.4, -0.2) is 76.2 Å². The second-order valence-electron chi connectivity index (χ2n) is 11.3. The second kappa shape index (κ2) is 11.2. The number of nitrogens with one attached hydrogen (secondary N) is 2. The zero-order valence-corrected chi connectivity index (χ0v) is 21.5. The lowest BCUT2D eigenvalue weighted by atomic mass is 9.88. The summed E-state index contributed by atoms with van der Waals surface area (Å²) in [4.78, 5) is 18.5. The van der Waals surface area contributed by atoms with E-state index in [1.165, 1.54) is 45.1 Å². The molecule has 182 valence electrons. The van der Waals surface area contributed by atoms with E-state index in [1.54, 1.807) is 6.33 Å². The number of aromatic nitrogens is 3. The van der Waals surface area contributed by atoms with Crippen LogP contribution in [0, 0.1) is 6.92 Å². The van der Waals surface area contributed by atoms with Crippen LogP contribution >= 0.6 is 0 Å². The first-order valence-corrected chi connectivity index (χ1v) is 12.8. The van der Waals surface area contributed by atoms with Gasteiger partial charge in [-0.25, -0.2) is 9.97 Å². The van der Waals surface area contributed by atoms with E-state index in [1.807, 2.05) is 6.92 Å². The van der Waals surface area contributed by atoms with Crippen molar-refractivity contribution in [3.05, 3.63) is 12.2 Å². The first kappa shape index (κ1) is 25.3. The molecule has 2 aliphatic heterocycles. The molecule has 2 saturated heterocycles. The van der Waals surface area contributed by atoms with Crippen LogP contribution in [0.1, 0.15) is 84.9 Å². The van der Waals surface area contributed by atoms with Crippen molar-refractivity contribution in [1.82, 2.24) is 30.5 Å². The molecule has 0 aliphatic carbocycles. The Morgan fingerprint density at radius 2 is 1.47 bits per heavy atom. The van der Waals surface area contributed by atoms with Crippen molar-refractivity contribution in [2.75, 3.05) is 38.1 Å². The molecule has 2 fully saturated rings. The molecule has 1 aromatic heterocycles.